The first-order chi connectivity index (χ1) is 6.52. The Bertz CT molecular complexity index is 359. The van der Waals surface area contributed by atoms with Gasteiger partial charge in [-0.25, -0.2) is 9.78 Å². The Morgan fingerprint density at radius 3 is 2.79 bits per heavy atom. The van der Waals surface area contributed by atoms with Crippen molar-refractivity contribution in [3.63, 3.8) is 0 Å². The number of ether oxygens (including phenoxy) is 1. The summed E-state index contributed by atoms with van der Waals surface area (Å²) in [5.41, 5.74) is -0.575. The quantitative estimate of drug-likeness (QED) is 0.797. The van der Waals surface area contributed by atoms with Gasteiger partial charge in [0.15, 0.2) is 0 Å². The van der Waals surface area contributed by atoms with Crippen molar-refractivity contribution >= 4 is 17.6 Å². The maximum absolute atomic E-state index is 11.8. The van der Waals surface area contributed by atoms with Crippen LogP contribution in [0.15, 0.2) is 12.3 Å². The van der Waals surface area contributed by atoms with Crippen LogP contribution in [0.5, 0.6) is 5.75 Å². The fourth-order valence-electron chi connectivity index (χ4n) is 0.808. The lowest BCUT2D eigenvalue weighted by Gasteiger charge is -2.07. The van der Waals surface area contributed by atoms with Gasteiger partial charge in [-0.3, -0.25) is 0 Å². The van der Waals surface area contributed by atoms with Crippen LogP contribution in [-0.4, -0.2) is 22.7 Å². The number of halogens is 3. The summed E-state index contributed by atoms with van der Waals surface area (Å²) in [4.78, 5) is 14.0. The summed E-state index contributed by atoms with van der Waals surface area (Å²) in [5.74, 6) is -1.98. The van der Waals surface area contributed by atoms with Crippen molar-refractivity contribution in [1.82, 2.24) is 4.98 Å². The van der Waals surface area contributed by atoms with Crippen LogP contribution in [0, 0.1) is 0 Å². The molecule has 0 aromatic carbocycles. The molecule has 0 aliphatic rings. The van der Waals surface area contributed by atoms with Crippen molar-refractivity contribution < 1.29 is 23.4 Å². The highest BCUT2D eigenvalue weighted by molar-refractivity contribution is 6.32. The van der Waals surface area contributed by atoms with Gasteiger partial charge >= 0.3 is 12.6 Å². The van der Waals surface area contributed by atoms with Crippen molar-refractivity contribution in [2.75, 3.05) is 0 Å². The SMILES string of the molecule is O=C(O)c1c(OC(F)F)ccnc1Cl. The van der Waals surface area contributed by atoms with Gasteiger partial charge in [0.05, 0.1) is 0 Å². The maximum Gasteiger partial charge on any atom is 0.387 e. The van der Waals surface area contributed by atoms with E-state index in [2.05, 4.69) is 9.72 Å². The van der Waals surface area contributed by atoms with Crippen molar-refractivity contribution in [1.29, 1.82) is 0 Å². The predicted molar refractivity (Wildman–Crippen MR) is 42.8 cm³/mol. The van der Waals surface area contributed by atoms with E-state index in [1.807, 2.05) is 0 Å². The van der Waals surface area contributed by atoms with E-state index in [0.29, 0.717) is 0 Å². The molecule has 4 nitrogen and oxygen atoms in total. The molecule has 0 aliphatic carbocycles. The minimum Gasteiger partial charge on any atom is -0.477 e. The summed E-state index contributed by atoms with van der Waals surface area (Å²) in [7, 11) is 0. The number of carbonyl (C=O) groups is 1. The van der Waals surface area contributed by atoms with E-state index in [9.17, 15) is 13.6 Å². The van der Waals surface area contributed by atoms with Crippen molar-refractivity contribution in [2.45, 2.75) is 6.61 Å². The number of aromatic carboxylic acids is 1. The van der Waals surface area contributed by atoms with Crippen molar-refractivity contribution in [3.8, 4) is 5.75 Å². The molecule has 1 N–H and O–H groups in total. The van der Waals surface area contributed by atoms with E-state index in [1.54, 1.807) is 0 Å². The molecule has 0 saturated carbocycles. The topological polar surface area (TPSA) is 59.4 Å². The van der Waals surface area contributed by atoms with Gasteiger partial charge in [-0.1, -0.05) is 11.6 Å². The van der Waals surface area contributed by atoms with Crippen LogP contribution >= 0.6 is 11.6 Å². The number of pyridine rings is 1. The Labute approximate surface area is 82.1 Å². The number of hydrogen-bond donors (Lipinski definition) is 1. The van der Waals surface area contributed by atoms with Crippen LogP contribution in [0.4, 0.5) is 8.78 Å². The van der Waals surface area contributed by atoms with Crippen molar-refractivity contribution in [3.05, 3.63) is 23.0 Å². The third kappa shape index (κ3) is 2.29. The Balaban J connectivity index is 3.14. The van der Waals surface area contributed by atoms with Crippen LogP contribution in [0.3, 0.4) is 0 Å². The minimum atomic E-state index is -3.11. The first-order valence-corrected chi connectivity index (χ1v) is 3.72. The van der Waals surface area contributed by atoms with E-state index < -0.39 is 29.0 Å². The predicted octanol–water partition coefficient (Wildman–Crippen LogP) is 2.03. The summed E-state index contributed by atoms with van der Waals surface area (Å²) in [6.45, 7) is -3.11. The molecule has 14 heavy (non-hydrogen) atoms. The van der Waals surface area contributed by atoms with Crippen molar-refractivity contribution in [2.24, 2.45) is 0 Å². The third-order valence-corrected chi connectivity index (χ3v) is 1.58. The van der Waals surface area contributed by atoms with Gasteiger partial charge in [-0.2, -0.15) is 8.78 Å². The first-order valence-electron chi connectivity index (χ1n) is 3.35. The molecule has 0 atom stereocenters. The Hall–Kier alpha value is -1.43. The maximum atomic E-state index is 11.8. The van der Waals surface area contributed by atoms with Gasteiger partial charge in [0.1, 0.15) is 16.5 Å². The molecule has 0 saturated heterocycles. The molecule has 1 aromatic rings. The van der Waals surface area contributed by atoms with E-state index >= 15 is 0 Å². The summed E-state index contributed by atoms with van der Waals surface area (Å²) in [5, 5.41) is 8.22. The summed E-state index contributed by atoms with van der Waals surface area (Å²) in [6, 6.07) is 1.00. The molecule has 0 spiro atoms. The highest BCUT2D eigenvalue weighted by Crippen LogP contribution is 2.25. The average molecular weight is 224 g/mol. The minimum absolute atomic E-state index is 0.393. The van der Waals surface area contributed by atoms with E-state index in [-0.39, 0.29) is 0 Å². The molecule has 1 heterocycles. The van der Waals surface area contributed by atoms with Crippen LogP contribution in [0.1, 0.15) is 10.4 Å². The Morgan fingerprint density at radius 1 is 1.64 bits per heavy atom. The van der Waals surface area contributed by atoms with Crippen LogP contribution in [0.25, 0.3) is 0 Å². The summed E-state index contributed by atoms with van der Waals surface area (Å²) < 4.78 is 27.6. The molecule has 0 amide bonds. The van der Waals surface area contributed by atoms with Gasteiger partial charge in [0.25, 0.3) is 0 Å². The second-order valence-electron chi connectivity index (χ2n) is 2.16. The molecule has 0 radical (unpaired) electrons. The molecule has 0 fully saturated rings. The zero-order valence-corrected chi connectivity index (χ0v) is 7.33. The number of alkyl halides is 2. The van der Waals surface area contributed by atoms with Crippen LogP contribution in [-0.2, 0) is 0 Å². The van der Waals surface area contributed by atoms with Gasteiger partial charge < -0.3 is 9.84 Å². The lowest BCUT2D eigenvalue weighted by molar-refractivity contribution is -0.0503. The largest absolute Gasteiger partial charge is 0.477 e. The fourth-order valence-corrected chi connectivity index (χ4v) is 1.04. The second kappa shape index (κ2) is 4.19. The van der Waals surface area contributed by atoms with Gasteiger partial charge in [0, 0.05) is 6.20 Å². The average Bonchev–Trinajstić information content (AvgIpc) is 2.01. The molecule has 0 aliphatic heterocycles. The number of aromatic nitrogens is 1. The van der Waals surface area contributed by atoms with Crippen LogP contribution < -0.4 is 4.74 Å². The second-order valence-corrected chi connectivity index (χ2v) is 2.52. The summed E-state index contributed by atoms with van der Waals surface area (Å²) in [6.07, 6.45) is 1.08. The first kappa shape index (κ1) is 10.6. The molecule has 7 heteroatoms. The third-order valence-electron chi connectivity index (χ3n) is 1.30. The molecule has 1 rings (SSSR count). The van der Waals surface area contributed by atoms with Crippen LogP contribution in [0.2, 0.25) is 5.15 Å². The lowest BCUT2D eigenvalue weighted by Crippen LogP contribution is -2.08. The number of carboxylic acid groups (broad SMARTS) is 1. The smallest absolute Gasteiger partial charge is 0.387 e. The molecular weight excluding hydrogens is 220 g/mol. The number of nitrogens with zero attached hydrogens (tertiary/aromatic N) is 1. The zero-order chi connectivity index (χ0) is 10.7. The van der Waals surface area contributed by atoms with Gasteiger partial charge in [0.2, 0.25) is 0 Å². The zero-order valence-electron chi connectivity index (χ0n) is 6.58. The molecule has 0 unspecified atom stereocenters. The summed E-state index contributed by atoms with van der Waals surface area (Å²) >= 11 is 5.39. The molecular formula is C7H4ClF2NO3. The number of carboxylic acids is 1. The van der Waals surface area contributed by atoms with E-state index in [0.717, 1.165) is 12.3 Å². The molecule has 1 aromatic heterocycles. The highest BCUT2D eigenvalue weighted by Gasteiger charge is 2.19. The number of rotatable bonds is 3. The Morgan fingerprint density at radius 2 is 2.29 bits per heavy atom. The van der Waals surface area contributed by atoms with Gasteiger partial charge in [-0.05, 0) is 6.07 Å². The normalized spacial score (nSPS) is 10.3. The monoisotopic (exact) mass is 223 g/mol. The molecule has 76 valence electrons. The fraction of sp³-hybridized carbons (Fsp3) is 0.143. The van der Waals surface area contributed by atoms with Gasteiger partial charge in [-0.15, -0.1) is 0 Å². The highest BCUT2D eigenvalue weighted by atomic mass is 35.5. The standard InChI is InChI=1S/C7H4ClF2NO3/c8-5-4(6(12)13)3(1-2-11-5)14-7(9)10/h1-2,7H,(H,12,13). The molecule has 0 bridgehead atoms. The van der Waals surface area contributed by atoms with E-state index in [4.69, 9.17) is 16.7 Å². The van der Waals surface area contributed by atoms with E-state index in [1.165, 1.54) is 0 Å². The lowest BCUT2D eigenvalue weighted by atomic mass is 10.2. The number of hydrogen-bond acceptors (Lipinski definition) is 3. The Kier molecular flexibility index (Phi) is 3.19.